The van der Waals surface area contributed by atoms with Crippen molar-refractivity contribution in [2.75, 3.05) is 13.1 Å². The summed E-state index contributed by atoms with van der Waals surface area (Å²) in [5.74, 6) is 2.47. The summed E-state index contributed by atoms with van der Waals surface area (Å²) in [4.78, 5) is 2.68. The lowest BCUT2D eigenvalue weighted by molar-refractivity contribution is 0.0446. The molecule has 1 saturated heterocycles. The molecule has 0 bridgehead atoms. The molecule has 2 fully saturated rings. The zero-order valence-electron chi connectivity index (χ0n) is 12.8. The minimum absolute atomic E-state index is 0.0860. The molecule has 0 aromatic heterocycles. The highest BCUT2D eigenvalue weighted by atomic mass is 15.2. The molecule has 1 aliphatic carbocycles. The Balaban J connectivity index is 1.98. The van der Waals surface area contributed by atoms with E-state index < -0.39 is 0 Å². The van der Waals surface area contributed by atoms with E-state index in [-0.39, 0.29) is 5.54 Å². The van der Waals surface area contributed by atoms with Crippen LogP contribution in [0, 0.1) is 17.8 Å². The smallest absolute Gasteiger partial charge is 0.0286 e. The summed E-state index contributed by atoms with van der Waals surface area (Å²) < 4.78 is 0. The van der Waals surface area contributed by atoms with Crippen LogP contribution in [-0.4, -0.2) is 29.6 Å². The van der Waals surface area contributed by atoms with E-state index in [0.29, 0.717) is 6.04 Å². The van der Waals surface area contributed by atoms with Crippen LogP contribution < -0.4 is 5.73 Å². The molecule has 5 atom stereocenters. The molecule has 0 aromatic rings. The van der Waals surface area contributed by atoms with E-state index in [1.165, 1.54) is 38.6 Å². The molecule has 106 valence electrons. The van der Waals surface area contributed by atoms with Gasteiger partial charge in [-0.25, -0.2) is 0 Å². The third kappa shape index (κ3) is 3.27. The Morgan fingerprint density at radius 3 is 2.56 bits per heavy atom. The van der Waals surface area contributed by atoms with Crippen LogP contribution in [-0.2, 0) is 0 Å². The second kappa shape index (κ2) is 5.50. The highest BCUT2D eigenvalue weighted by Crippen LogP contribution is 2.34. The fraction of sp³-hybridized carbons (Fsp3) is 1.00. The van der Waals surface area contributed by atoms with E-state index in [1.54, 1.807) is 0 Å². The normalized spacial score (nSPS) is 47.2. The standard InChI is InChI=1S/C16H32N2/c1-12-6-5-7-16(17,9-12)11-18-10-13(2)8-14(3)15(18)4/h12-15H,5-11,17H2,1-4H3. The molecular weight excluding hydrogens is 220 g/mol. The maximum Gasteiger partial charge on any atom is 0.0286 e. The maximum absolute atomic E-state index is 6.69. The number of likely N-dealkylation sites (tertiary alicyclic amines) is 1. The third-order valence-corrected chi connectivity index (χ3v) is 5.36. The largest absolute Gasteiger partial charge is 0.324 e. The molecule has 0 amide bonds. The summed E-state index contributed by atoms with van der Waals surface area (Å²) >= 11 is 0. The topological polar surface area (TPSA) is 29.3 Å². The Labute approximate surface area is 113 Å². The first-order valence-electron chi connectivity index (χ1n) is 7.92. The van der Waals surface area contributed by atoms with Crippen LogP contribution in [0.5, 0.6) is 0 Å². The molecule has 5 unspecified atom stereocenters. The van der Waals surface area contributed by atoms with E-state index in [4.69, 9.17) is 5.73 Å². The van der Waals surface area contributed by atoms with Crippen molar-refractivity contribution in [1.82, 2.24) is 4.90 Å². The van der Waals surface area contributed by atoms with Crippen molar-refractivity contribution >= 4 is 0 Å². The highest BCUT2D eigenvalue weighted by Gasteiger charge is 2.37. The Morgan fingerprint density at radius 2 is 1.89 bits per heavy atom. The molecule has 1 heterocycles. The average Bonchev–Trinajstić information content (AvgIpc) is 2.24. The second-order valence-corrected chi connectivity index (χ2v) is 7.55. The van der Waals surface area contributed by atoms with Crippen molar-refractivity contribution in [3.63, 3.8) is 0 Å². The molecule has 0 radical (unpaired) electrons. The lowest BCUT2D eigenvalue weighted by atomic mass is 9.75. The number of hydrogen-bond acceptors (Lipinski definition) is 2. The molecule has 0 spiro atoms. The predicted octanol–water partition coefficient (Wildman–Crippen LogP) is 3.26. The van der Waals surface area contributed by atoms with Gasteiger partial charge in [-0.3, -0.25) is 4.90 Å². The Morgan fingerprint density at radius 1 is 1.17 bits per heavy atom. The molecule has 1 aliphatic heterocycles. The average molecular weight is 252 g/mol. The van der Waals surface area contributed by atoms with Crippen molar-refractivity contribution in [3.05, 3.63) is 0 Å². The van der Waals surface area contributed by atoms with Gasteiger partial charge in [0.05, 0.1) is 0 Å². The van der Waals surface area contributed by atoms with E-state index in [2.05, 4.69) is 32.6 Å². The van der Waals surface area contributed by atoms with Crippen LogP contribution >= 0.6 is 0 Å². The zero-order valence-corrected chi connectivity index (χ0v) is 12.8. The molecule has 2 heteroatoms. The predicted molar refractivity (Wildman–Crippen MR) is 78.5 cm³/mol. The van der Waals surface area contributed by atoms with Gasteiger partial charge in [0.25, 0.3) is 0 Å². The van der Waals surface area contributed by atoms with Gasteiger partial charge < -0.3 is 5.73 Å². The van der Waals surface area contributed by atoms with Gasteiger partial charge in [-0.15, -0.1) is 0 Å². The summed E-state index contributed by atoms with van der Waals surface area (Å²) in [5.41, 5.74) is 6.78. The quantitative estimate of drug-likeness (QED) is 0.817. The molecule has 2 rings (SSSR count). The van der Waals surface area contributed by atoms with Crippen LogP contribution in [0.2, 0.25) is 0 Å². The number of nitrogens with zero attached hydrogens (tertiary/aromatic N) is 1. The summed E-state index contributed by atoms with van der Waals surface area (Å²) in [6.45, 7) is 11.9. The van der Waals surface area contributed by atoms with Gasteiger partial charge in [0.15, 0.2) is 0 Å². The first-order chi connectivity index (χ1) is 8.39. The van der Waals surface area contributed by atoms with E-state index in [1.807, 2.05) is 0 Å². The molecule has 2 nitrogen and oxygen atoms in total. The second-order valence-electron chi connectivity index (χ2n) is 7.55. The van der Waals surface area contributed by atoms with Gasteiger partial charge >= 0.3 is 0 Å². The number of piperidine rings is 1. The molecule has 2 aliphatic rings. The first-order valence-corrected chi connectivity index (χ1v) is 7.92. The van der Waals surface area contributed by atoms with Gasteiger partial charge in [-0.05, 0) is 43.9 Å². The minimum atomic E-state index is 0.0860. The monoisotopic (exact) mass is 252 g/mol. The van der Waals surface area contributed by atoms with E-state index in [9.17, 15) is 0 Å². The van der Waals surface area contributed by atoms with E-state index in [0.717, 1.165) is 24.3 Å². The molecular formula is C16H32N2. The van der Waals surface area contributed by atoms with Gasteiger partial charge in [-0.1, -0.05) is 33.6 Å². The van der Waals surface area contributed by atoms with Gasteiger partial charge in [-0.2, -0.15) is 0 Å². The van der Waals surface area contributed by atoms with Crippen molar-refractivity contribution in [2.45, 2.75) is 71.4 Å². The van der Waals surface area contributed by atoms with Crippen LogP contribution in [0.1, 0.15) is 59.8 Å². The number of nitrogens with two attached hydrogens (primary N) is 1. The third-order valence-electron chi connectivity index (χ3n) is 5.36. The van der Waals surface area contributed by atoms with Crippen molar-refractivity contribution in [3.8, 4) is 0 Å². The summed E-state index contributed by atoms with van der Waals surface area (Å²) in [6, 6.07) is 0.707. The fourth-order valence-corrected chi connectivity index (χ4v) is 4.29. The summed E-state index contributed by atoms with van der Waals surface area (Å²) in [6.07, 6.45) is 6.53. The summed E-state index contributed by atoms with van der Waals surface area (Å²) in [7, 11) is 0. The van der Waals surface area contributed by atoms with Crippen molar-refractivity contribution in [2.24, 2.45) is 23.5 Å². The molecule has 18 heavy (non-hydrogen) atoms. The number of rotatable bonds is 2. The first kappa shape index (κ1) is 14.3. The Kier molecular flexibility index (Phi) is 4.38. The van der Waals surface area contributed by atoms with Crippen molar-refractivity contribution in [1.29, 1.82) is 0 Å². The number of hydrogen-bond donors (Lipinski definition) is 1. The van der Waals surface area contributed by atoms with Crippen molar-refractivity contribution < 1.29 is 0 Å². The van der Waals surface area contributed by atoms with Gasteiger partial charge in [0, 0.05) is 24.7 Å². The fourth-order valence-electron chi connectivity index (χ4n) is 4.29. The van der Waals surface area contributed by atoms with Crippen LogP contribution in [0.4, 0.5) is 0 Å². The molecule has 0 aromatic carbocycles. The summed E-state index contributed by atoms with van der Waals surface area (Å²) in [5, 5.41) is 0. The van der Waals surface area contributed by atoms with Crippen LogP contribution in [0.15, 0.2) is 0 Å². The van der Waals surface area contributed by atoms with E-state index >= 15 is 0 Å². The lowest BCUT2D eigenvalue weighted by Crippen LogP contribution is -2.57. The maximum atomic E-state index is 6.69. The van der Waals surface area contributed by atoms with Gasteiger partial charge in [0.2, 0.25) is 0 Å². The highest BCUT2D eigenvalue weighted by molar-refractivity contribution is 4.95. The Hall–Kier alpha value is -0.0800. The lowest BCUT2D eigenvalue weighted by Gasteiger charge is -2.47. The van der Waals surface area contributed by atoms with Gasteiger partial charge in [0.1, 0.15) is 0 Å². The Bertz CT molecular complexity index is 278. The SMILES string of the molecule is CC1CC(C)C(C)N(CC2(N)CCCC(C)C2)C1. The van der Waals surface area contributed by atoms with Crippen LogP contribution in [0.25, 0.3) is 0 Å². The molecule has 1 saturated carbocycles. The molecule has 2 N–H and O–H groups in total. The zero-order chi connectivity index (χ0) is 13.3. The van der Waals surface area contributed by atoms with Crippen LogP contribution in [0.3, 0.4) is 0 Å². The minimum Gasteiger partial charge on any atom is -0.324 e.